The molecule has 0 saturated heterocycles. The molecule has 1 aliphatic rings. The predicted octanol–water partition coefficient (Wildman–Crippen LogP) is 1.16. The smallest absolute Gasteiger partial charge is 0.0604 e. The van der Waals surface area contributed by atoms with Crippen molar-refractivity contribution in [2.45, 2.75) is 51.8 Å². The molecule has 0 radical (unpaired) electrons. The van der Waals surface area contributed by atoms with Crippen LogP contribution in [0.1, 0.15) is 33.6 Å². The Bertz CT molecular complexity index is 155. The number of hydrogen-bond donors (Lipinski definition) is 2. The van der Waals surface area contributed by atoms with Crippen LogP contribution >= 0.6 is 0 Å². The van der Waals surface area contributed by atoms with E-state index in [4.69, 9.17) is 9.84 Å². The molecule has 0 aromatic rings. The molecule has 3 heteroatoms. The van der Waals surface area contributed by atoms with Crippen molar-refractivity contribution in [2.75, 3.05) is 13.2 Å². The van der Waals surface area contributed by atoms with E-state index in [-0.39, 0.29) is 12.6 Å². The summed E-state index contributed by atoms with van der Waals surface area (Å²) >= 11 is 0. The summed E-state index contributed by atoms with van der Waals surface area (Å²) in [5, 5.41) is 12.6. The average Bonchev–Trinajstić information content (AvgIpc) is 2.08. The minimum atomic E-state index is 0.230. The molecule has 3 nitrogen and oxygen atoms in total. The van der Waals surface area contributed by atoms with E-state index in [0.717, 1.165) is 19.4 Å². The van der Waals surface area contributed by atoms with Crippen molar-refractivity contribution in [3.8, 4) is 0 Å². The Balaban J connectivity index is 2.14. The van der Waals surface area contributed by atoms with Gasteiger partial charge in [-0.3, -0.25) is 0 Å². The third-order valence-electron chi connectivity index (χ3n) is 2.95. The van der Waals surface area contributed by atoms with E-state index in [2.05, 4.69) is 19.2 Å². The van der Waals surface area contributed by atoms with Crippen molar-refractivity contribution in [1.29, 1.82) is 0 Å². The summed E-state index contributed by atoms with van der Waals surface area (Å²) in [6.45, 7) is 7.34. The molecule has 1 fully saturated rings. The first-order valence-electron chi connectivity index (χ1n) is 5.65. The molecule has 2 N–H and O–H groups in total. The van der Waals surface area contributed by atoms with Gasteiger partial charge in [-0.05, 0) is 25.7 Å². The molecule has 14 heavy (non-hydrogen) atoms. The van der Waals surface area contributed by atoms with Crippen molar-refractivity contribution in [3.05, 3.63) is 0 Å². The van der Waals surface area contributed by atoms with Crippen LogP contribution in [0, 0.1) is 5.92 Å². The van der Waals surface area contributed by atoms with Gasteiger partial charge in [0.2, 0.25) is 0 Å². The van der Waals surface area contributed by atoms with Crippen molar-refractivity contribution >= 4 is 0 Å². The fourth-order valence-corrected chi connectivity index (χ4v) is 1.83. The number of ether oxygens (including phenoxy) is 1. The highest BCUT2D eigenvalue weighted by Gasteiger charge is 2.31. The summed E-state index contributed by atoms with van der Waals surface area (Å²) < 4.78 is 5.48. The first-order valence-corrected chi connectivity index (χ1v) is 5.65. The van der Waals surface area contributed by atoms with Gasteiger partial charge in [0.05, 0.1) is 12.7 Å². The molecule has 0 spiro atoms. The fourth-order valence-electron chi connectivity index (χ4n) is 1.83. The van der Waals surface area contributed by atoms with Gasteiger partial charge in [0.25, 0.3) is 0 Å². The summed E-state index contributed by atoms with van der Waals surface area (Å²) in [4.78, 5) is 0. The van der Waals surface area contributed by atoms with Gasteiger partial charge in [0.1, 0.15) is 0 Å². The molecule has 1 saturated carbocycles. The van der Waals surface area contributed by atoms with Crippen LogP contribution in [0.5, 0.6) is 0 Å². The fraction of sp³-hybridized carbons (Fsp3) is 1.00. The monoisotopic (exact) mass is 201 g/mol. The van der Waals surface area contributed by atoms with Gasteiger partial charge in [-0.2, -0.15) is 0 Å². The third-order valence-corrected chi connectivity index (χ3v) is 2.95. The summed E-state index contributed by atoms with van der Waals surface area (Å²) in [7, 11) is 0. The zero-order valence-corrected chi connectivity index (χ0v) is 9.49. The standard InChI is InChI=1S/C11H23NO2/c1-4-14-10-5-9(6-10)12-11(7-13)8(2)3/h8-13H,4-7H2,1-3H3/t9?,10?,11-/m1/s1. The van der Waals surface area contributed by atoms with Gasteiger partial charge >= 0.3 is 0 Å². The molecule has 1 aliphatic carbocycles. The van der Waals surface area contributed by atoms with E-state index >= 15 is 0 Å². The Morgan fingerprint density at radius 1 is 1.43 bits per heavy atom. The largest absolute Gasteiger partial charge is 0.395 e. The molecule has 0 amide bonds. The maximum Gasteiger partial charge on any atom is 0.0604 e. The van der Waals surface area contributed by atoms with E-state index in [1.54, 1.807) is 0 Å². The van der Waals surface area contributed by atoms with Crippen LogP contribution in [0.15, 0.2) is 0 Å². The van der Waals surface area contributed by atoms with Crippen LogP contribution in [-0.4, -0.2) is 36.5 Å². The van der Waals surface area contributed by atoms with Crippen LogP contribution in [0.4, 0.5) is 0 Å². The van der Waals surface area contributed by atoms with E-state index in [9.17, 15) is 0 Å². The number of hydrogen-bond acceptors (Lipinski definition) is 3. The van der Waals surface area contributed by atoms with E-state index in [1.807, 2.05) is 6.92 Å². The minimum absolute atomic E-state index is 0.230. The third kappa shape index (κ3) is 3.23. The summed E-state index contributed by atoms with van der Waals surface area (Å²) in [5.41, 5.74) is 0. The summed E-state index contributed by atoms with van der Waals surface area (Å²) in [5.74, 6) is 0.492. The summed E-state index contributed by atoms with van der Waals surface area (Å²) in [6.07, 6.45) is 2.64. The number of aliphatic hydroxyl groups is 1. The normalized spacial score (nSPS) is 28.9. The number of rotatable bonds is 6. The highest BCUT2D eigenvalue weighted by molar-refractivity contribution is 4.88. The van der Waals surface area contributed by atoms with Crippen LogP contribution < -0.4 is 5.32 Å². The van der Waals surface area contributed by atoms with E-state index in [1.165, 1.54) is 0 Å². The molecule has 0 heterocycles. The minimum Gasteiger partial charge on any atom is -0.395 e. The zero-order valence-electron chi connectivity index (χ0n) is 9.49. The lowest BCUT2D eigenvalue weighted by atomic mass is 9.87. The Kier molecular flexibility index (Phi) is 4.85. The lowest BCUT2D eigenvalue weighted by Crippen LogP contribution is -2.52. The maximum absolute atomic E-state index is 9.14. The van der Waals surface area contributed by atoms with Gasteiger partial charge in [-0.15, -0.1) is 0 Å². The van der Waals surface area contributed by atoms with Gasteiger partial charge in [0, 0.05) is 18.7 Å². The first-order chi connectivity index (χ1) is 6.67. The SMILES string of the molecule is CCOC1CC(N[C@H](CO)C(C)C)C1. The second-order valence-electron chi connectivity index (χ2n) is 4.45. The second-order valence-corrected chi connectivity index (χ2v) is 4.45. The maximum atomic E-state index is 9.14. The first kappa shape index (κ1) is 12.0. The zero-order chi connectivity index (χ0) is 10.6. The quantitative estimate of drug-likeness (QED) is 0.677. The molecular weight excluding hydrogens is 178 g/mol. The molecule has 0 aromatic carbocycles. The highest BCUT2D eigenvalue weighted by Crippen LogP contribution is 2.24. The van der Waals surface area contributed by atoms with Gasteiger partial charge in [0.15, 0.2) is 0 Å². The Labute approximate surface area is 86.8 Å². The Morgan fingerprint density at radius 2 is 2.07 bits per heavy atom. The van der Waals surface area contributed by atoms with Crippen LogP contribution in [0.25, 0.3) is 0 Å². The second kappa shape index (κ2) is 5.69. The summed E-state index contributed by atoms with van der Waals surface area (Å²) in [6, 6.07) is 0.786. The molecule has 1 rings (SSSR count). The molecule has 84 valence electrons. The van der Waals surface area contributed by atoms with E-state index < -0.39 is 0 Å². The van der Waals surface area contributed by atoms with Gasteiger partial charge in [-0.25, -0.2) is 0 Å². The average molecular weight is 201 g/mol. The van der Waals surface area contributed by atoms with Crippen LogP contribution in [-0.2, 0) is 4.74 Å². The number of nitrogens with one attached hydrogen (secondary N) is 1. The lowest BCUT2D eigenvalue weighted by Gasteiger charge is -2.38. The van der Waals surface area contributed by atoms with Gasteiger partial charge in [-0.1, -0.05) is 13.8 Å². The van der Waals surface area contributed by atoms with Crippen LogP contribution in [0.3, 0.4) is 0 Å². The molecule has 1 atom stereocenters. The van der Waals surface area contributed by atoms with Gasteiger partial charge < -0.3 is 15.2 Å². The van der Waals surface area contributed by atoms with Crippen molar-refractivity contribution < 1.29 is 9.84 Å². The lowest BCUT2D eigenvalue weighted by molar-refractivity contribution is -0.0157. The number of aliphatic hydroxyl groups excluding tert-OH is 1. The molecule has 0 bridgehead atoms. The van der Waals surface area contributed by atoms with Crippen molar-refractivity contribution in [2.24, 2.45) is 5.92 Å². The van der Waals surface area contributed by atoms with Crippen LogP contribution in [0.2, 0.25) is 0 Å². The molecule has 0 unspecified atom stereocenters. The molecular formula is C11H23NO2. The Hall–Kier alpha value is -0.120. The molecule has 0 aromatic heterocycles. The predicted molar refractivity (Wildman–Crippen MR) is 57.3 cm³/mol. The van der Waals surface area contributed by atoms with Crippen molar-refractivity contribution in [3.63, 3.8) is 0 Å². The topological polar surface area (TPSA) is 41.5 Å². The highest BCUT2D eigenvalue weighted by atomic mass is 16.5. The molecule has 0 aliphatic heterocycles. The van der Waals surface area contributed by atoms with E-state index in [0.29, 0.717) is 18.1 Å². The Morgan fingerprint density at radius 3 is 2.50 bits per heavy atom. The van der Waals surface area contributed by atoms with Crippen molar-refractivity contribution in [1.82, 2.24) is 5.32 Å².